The molecule has 5 heteroatoms. The van der Waals surface area contributed by atoms with Crippen molar-refractivity contribution >= 4 is 11.6 Å². The van der Waals surface area contributed by atoms with Gasteiger partial charge in [0, 0.05) is 25.5 Å². The first kappa shape index (κ1) is 12.8. The smallest absolute Gasteiger partial charge is 0.243 e. The summed E-state index contributed by atoms with van der Waals surface area (Å²) in [7, 11) is 0. The van der Waals surface area contributed by atoms with E-state index in [9.17, 15) is 0 Å². The Morgan fingerprint density at radius 3 is 3.00 bits per heavy atom. The minimum absolute atomic E-state index is 0.680. The molecule has 0 bridgehead atoms. The van der Waals surface area contributed by atoms with Gasteiger partial charge in [0.25, 0.3) is 0 Å². The molecule has 0 fully saturated rings. The Morgan fingerprint density at radius 2 is 2.22 bits per heavy atom. The summed E-state index contributed by atoms with van der Waals surface area (Å²) in [6.45, 7) is 6.59. The molecule has 0 unspecified atom stereocenters. The zero-order valence-corrected chi connectivity index (χ0v) is 11.0. The molecule has 0 aliphatic rings. The van der Waals surface area contributed by atoms with E-state index in [2.05, 4.69) is 22.3 Å². The van der Waals surface area contributed by atoms with Crippen LogP contribution in [0.5, 0.6) is 0 Å². The predicted molar refractivity (Wildman–Crippen MR) is 71.9 cm³/mol. The summed E-state index contributed by atoms with van der Waals surface area (Å²) in [4.78, 5) is 4.41. The average molecular weight is 248 g/mol. The molecular weight excluding hydrogens is 228 g/mol. The van der Waals surface area contributed by atoms with Crippen molar-refractivity contribution in [1.29, 1.82) is 0 Å². The van der Waals surface area contributed by atoms with Gasteiger partial charge in [0.05, 0.1) is 0 Å². The van der Waals surface area contributed by atoms with Gasteiger partial charge in [0.15, 0.2) is 5.65 Å². The van der Waals surface area contributed by atoms with Crippen molar-refractivity contribution in [2.45, 2.75) is 26.7 Å². The number of ether oxygens (including phenoxy) is 1. The summed E-state index contributed by atoms with van der Waals surface area (Å²) in [5, 5.41) is 7.62. The summed E-state index contributed by atoms with van der Waals surface area (Å²) in [6, 6.07) is 5.96. The fraction of sp³-hybridized carbons (Fsp3) is 0.538. The number of nitrogens with zero attached hydrogens (tertiary/aromatic N) is 3. The summed E-state index contributed by atoms with van der Waals surface area (Å²) >= 11 is 0. The number of aryl methyl sites for hydroxylation is 1. The lowest BCUT2D eigenvalue weighted by Crippen LogP contribution is -2.07. The van der Waals surface area contributed by atoms with Gasteiger partial charge in [-0.1, -0.05) is 13.0 Å². The van der Waals surface area contributed by atoms with Crippen molar-refractivity contribution in [3.63, 3.8) is 0 Å². The number of pyridine rings is 1. The molecule has 0 spiro atoms. The van der Waals surface area contributed by atoms with Crippen molar-refractivity contribution in [1.82, 2.24) is 14.6 Å². The van der Waals surface area contributed by atoms with Crippen LogP contribution in [0.3, 0.4) is 0 Å². The fourth-order valence-electron chi connectivity index (χ4n) is 1.73. The second-order valence-corrected chi connectivity index (χ2v) is 4.27. The van der Waals surface area contributed by atoms with Gasteiger partial charge in [-0.25, -0.2) is 4.52 Å². The van der Waals surface area contributed by atoms with Crippen LogP contribution in [-0.4, -0.2) is 34.4 Å². The van der Waals surface area contributed by atoms with E-state index in [0.29, 0.717) is 5.95 Å². The van der Waals surface area contributed by atoms with Crippen molar-refractivity contribution in [3.05, 3.63) is 23.9 Å². The second-order valence-electron chi connectivity index (χ2n) is 4.27. The molecule has 0 saturated heterocycles. The highest BCUT2D eigenvalue weighted by Gasteiger charge is 2.03. The van der Waals surface area contributed by atoms with Crippen LogP contribution in [0.1, 0.15) is 25.5 Å². The number of nitrogens with one attached hydrogen (secondary N) is 1. The number of fused-ring (bicyclic) bond motifs is 1. The van der Waals surface area contributed by atoms with E-state index >= 15 is 0 Å². The van der Waals surface area contributed by atoms with Gasteiger partial charge in [-0.3, -0.25) is 0 Å². The number of rotatable bonds is 7. The Bertz CT molecular complexity index is 495. The molecule has 2 aromatic rings. The second kappa shape index (κ2) is 6.35. The third-order valence-corrected chi connectivity index (χ3v) is 2.65. The molecule has 0 atom stereocenters. The van der Waals surface area contributed by atoms with E-state index in [1.54, 1.807) is 0 Å². The lowest BCUT2D eigenvalue weighted by molar-refractivity contribution is 0.134. The first-order valence-electron chi connectivity index (χ1n) is 6.45. The first-order chi connectivity index (χ1) is 8.81. The van der Waals surface area contributed by atoms with Crippen molar-refractivity contribution in [3.8, 4) is 0 Å². The van der Waals surface area contributed by atoms with E-state index in [-0.39, 0.29) is 0 Å². The number of anilines is 1. The molecule has 2 heterocycles. The standard InChI is InChI=1S/C13H20N4O/c1-3-9-18-10-5-8-14-13-15-12-7-4-6-11(2)17(12)16-13/h4,6-7H,3,5,8-10H2,1-2H3,(H,14,16). The zero-order chi connectivity index (χ0) is 12.8. The topological polar surface area (TPSA) is 51.5 Å². The minimum atomic E-state index is 0.680. The van der Waals surface area contributed by atoms with E-state index < -0.39 is 0 Å². The Labute approximate surface area is 107 Å². The molecule has 0 radical (unpaired) electrons. The van der Waals surface area contributed by atoms with Gasteiger partial charge in [-0.05, 0) is 31.9 Å². The van der Waals surface area contributed by atoms with Gasteiger partial charge < -0.3 is 10.1 Å². The maximum Gasteiger partial charge on any atom is 0.243 e. The van der Waals surface area contributed by atoms with Crippen molar-refractivity contribution in [2.75, 3.05) is 25.1 Å². The molecule has 98 valence electrons. The Balaban J connectivity index is 1.83. The van der Waals surface area contributed by atoms with E-state index in [4.69, 9.17) is 4.74 Å². The molecule has 0 aliphatic carbocycles. The fourth-order valence-corrected chi connectivity index (χ4v) is 1.73. The van der Waals surface area contributed by atoms with Crippen LogP contribution < -0.4 is 5.32 Å². The van der Waals surface area contributed by atoms with Crippen LogP contribution in [0.2, 0.25) is 0 Å². The lowest BCUT2D eigenvalue weighted by Gasteiger charge is -2.02. The van der Waals surface area contributed by atoms with Gasteiger partial charge in [0.2, 0.25) is 5.95 Å². The van der Waals surface area contributed by atoms with Crippen LogP contribution in [0.25, 0.3) is 5.65 Å². The Kier molecular flexibility index (Phi) is 4.52. The predicted octanol–water partition coefficient (Wildman–Crippen LogP) is 2.27. The summed E-state index contributed by atoms with van der Waals surface area (Å²) in [5.74, 6) is 0.680. The van der Waals surface area contributed by atoms with Gasteiger partial charge in [-0.2, -0.15) is 4.98 Å². The molecule has 0 aromatic carbocycles. The summed E-state index contributed by atoms with van der Waals surface area (Å²) in [5.41, 5.74) is 1.96. The number of hydrogen-bond donors (Lipinski definition) is 1. The minimum Gasteiger partial charge on any atom is -0.381 e. The molecule has 1 N–H and O–H groups in total. The van der Waals surface area contributed by atoms with Crippen LogP contribution in [-0.2, 0) is 4.74 Å². The first-order valence-corrected chi connectivity index (χ1v) is 6.45. The maximum absolute atomic E-state index is 5.41. The quantitative estimate of drug-likeness (QED) is 0.764. The monoisotopic (exact) mass is 248 g/mol. The maximum atomic E-state index is 5.41. The van der Waals surface area contributed by atoms with Gasteiger partial charge in [-0.15, -0.1) is 5.10 Å². The third kappa shape index (κ3) is 3.20. The van der Waals surface area contributed by atoms with Gasteiger partial charge in [0.1, 0.15) is 0 Å². The normalized spacial score (nSPS) is 11.0. The number of hydrogen-bond acceptors (Lipinski definition) is 4. The zero-order valence-electron chi connectivity index (χ0n) is 11.0. The average Bonchev–Trinajstić information content (AvgIpc) is 2.78. The third-order valence-electron chi connectivity index (χ3n) is 2.65. The number of aromatic nitrogens is 3. The summed E-state index contributed by atoms with van der Waals surface area (Å²) in [6.07, 6.45) is 2.04. The van der Waals surface area contributed by atoms with E-state index in [1.165, 1.54) is 0 Å². The molecular formula is C13H20N4O. The molecule has 2 rings (SSSR count). The SMILES string of the molecule is CCCOCCCNc1nc2cccc(C)n2n1. The molecule has 5 nitrogen and oxygen atoms in total. The van der Waals surface area contributed by atoms with Gasteiger partial charge >= 0.3 is 0 Å². The lowest BCUT2D eigenvalue weighted by atomic mass is 10.4. The molecule has 0 saturated carbocycles. The van der Waals surface area contributed by atoms with Crippen LogP contribution >= 0.6 is 0 Å². The van der Waals surface area contributed by atoms with Crippen LogP contribution in [0.15, 0.2) is 18.2 Å². The highest BCUT2D eigenvalue weighted by Crippen LogP contribution is 2.07. The molecule has 0 aliphatic heterocycles. The van der Waals surface area contributed by atoms with Crippen LogP contribution in [0.4, 0.5) is 5.95 Å². The van der Waals surface area contributed by atoms with Crippen LogP contribution in [0, 0.1) is 6.92 Å². The molecule has 0 amide bonds. The Hall–Kier alpha value is -1.62. The van der Waals surface area contributed by atoms with E-state index in [0.717, 1.165) is 43.9 Å². The highest BCUT2D eigenvalue weighted by atomic mass is 16.5. The highest BCUT2D eigenvalue weighted by molar-refractivity contribution is 5.44. The molecule has 18 heavy (non-hydrogen) atoms. The molecule has 2 aromatic heterocycles. The van der Waals surface area contributed by atoms with Crippen molar-refractivity contribution < 1.29 is 4.74 Å². The van der Waals surface area contributed by atoms with E-state index in [1.807, 2.05) is 29.6 Å². The largest absolute Gasteiger partial charge is 0.381 e. The Morgan fingerprint density at radius 1 is 1.33 bits per heavy atom. The van der Waals surface area contributed by atoms with Crippen molar-refractivity contribution in [2.24, 2.45) is 0 Å². The summed E-state index contributed by atoms with van der Waals surface area (Å²) < 4.78 is 7.26.